The highest BCUT2D eigenvalue weighted by Gasteiger charge is 2.06. The zero-order chi connectivity index (χ0) is 14.5. The molecule has 0 aliphatic rings. The summed E-state index contributed by atoms with van der Waals surface area (Å²) in [5.74, 6) is 0.939. The Balaban J connectivity index is 2.33. The quantitative estimate of drug-likeness (QED) is 0.879. The lowest BCUT2D eigenvalue weighted by molar-refractivity contribution is 0.406. The summed E-state index contributed by atoms with van der Waals surface area (Å²) in [5, 5.41) is 3.45. The smallest absolute Gasteiger partial charge is 0.123 e. The molecule has 0 amide bonds. The number of methoxy groups -OCH3 is 1. The Labute approximate surface area is 121 Å². The third-order valence-corrected chi connectivity index (χ3v) is 3.33. The van der Waals surface area contributed by atoms with E-state index >= 15 is 0 Å². The van der Waals surface area contributed by atoms with E-state index in [1.807, 2.05) is 0 Å². The van der Waals surface area contributed by atoms with Crippen molar-refractivity contribution in [3.05, 3.63) is 53.6 Å². The fourth-order valence-electron chi connectivity index (χ4n) is 2.24. The molecule has 0 aromatic heterocycles. The highest BCUT2D eigenvalue weighted by atomic mass is 16.5. The van der Waals surface area contributed by atoms with Crippen LogP contribution >= 0.6 is 0 Å². The monoisotopic (exact) mass is 269 g/mol. The van der Waals surface area contributed by atoms with Crippen molar-refractivity contribution in [2.75, 3.05) is 7.11 Å². The van der Waals surface area contributed by atoms with Gasteiger partial charge in [-0.3, -0.25) is 0 Å². The lowest BCUT2D eigenvalue weighted by Gasteiger charge is -2.14. The van der Waals surface area contributed by atoms with Crippen LogP contribution < -0.4 is 10.1 Å². The zero-order valence-electron chi connectivity index (χ0n) is 12.7. The largest absolute Gasteiger partial charge is 0.496 e. The Kier molecular flexibility index (Phi) is 4.80. The van der Waals surface area contributed by atoms with E-state index in [9.17, 15) is 0 Å². The first-order valence-corrected chi connectivity index (χ1v) is 7.07. The average Bonchev–Trinajstić information content (AvgIpc) is 2.44. The maximum Gasteiger partial charge on any atom is 0.123 e. The van der Waals surface area contributed by atoms with Crippen molar-refractivity contribution in [1.82, 2.24) is 5.32 Å². The lowest BCUT2D eigenvalue weighted by atomic mass is 10.0. The summed E-state index contributed by atoms with van der Waals surface area (Å²) in [6.07, 6.45) is 0. The first-order valence-electron chi connectivity index (χ1n) is 7.07. The van der Waals surface area contributed by atoms with Gasteiger partial charge in [0.05, 0.1) is 7.11 Å². The number of aryl methyl sites for hydroxylation is 1. The average molecular weight is 269 g/mol. The van der Waals surface area contributed by atoms with Crippen molar-refractivity contribution in [2.45, 2.75) is 33.4 Å². The molecule has 2 aromatic carbocycles. The molecule has 20 heavy (non-hydrogen) atoms. The van der Waals surface area contributed by atoms with E-state index in [4.69, 9.17) is 4.74 Å². The summed E-state index contributed by atoms with van der Waals surface area (Å²) in [4.78, 5) is 0. The molecule has 2 aromatic rings. The van der Waals surface area contributed by atoms with Gasteiger partial charge in [0.25, 0.3) is 0 Å². The molecule has 0 atom stereocenters. The van der Waals surface area contributed by atoms with Crippen LogP contribution in [0.4, 0.5) is 0 Å². The summed E-state index contributed by atoms with van der Waals surface area (Å²) in [5.41, 5.74) is 4.95. The molecule has 106 valence electrons. The van der Waals surface area contributed by atoms with E-state index in [0.29, 0.717) is 6.04 Å². The topological polar surface area (TPSA) is 21.3 Å². The molecule has 2 nitrogen and oxygen atoms in total. The minimum Gasteiger partial charge on any atom is -0.496 e. The number of rotatable bonds is 5. The molecule has 2 rings (SSSR count). The van der Waals surface area contributed by atoms with E-state index in [1.165, 1.54) is 22.3 Å². The normalized spacial score (nSPS) is 10.8. The fourth-order valence-corrected chi connectivity index (χ4v) is 2.24. The summed E-state index contributed by atoms with van der Waals surface area (Å²) in [6.45, 7) is 7.24. The van der Waals surface area contributed by atoms with Crippen molar-refractivity contribution >= 4 is 0 Å². The van der Waals surface area contributed by atoms with Crippen LogP contribution in [0.2, 0.25) is 0 Å². The molecule has 2 heteroatoms. The second-order valence-electron chi connectivity index (χ2n) is 5.43. The van der Waals surface area contributed by atoms with Gasteiger partial charge in [-0.15, -0.1) is 0 Å². The molecule has 0 aliphatic carbocycles. The summed E-state index contributed by atoms with van der Waals surface area (Å²) < 4.78 is 5.45. The van der Waals surface area contributed by atoms with Crippen LogP contribution in [0.5, 0.6) is 5.75 Å². The molecule has 0 saturated heterocycles. The zero-order valence-corrected chi connectivity index (χ0v) is 12.7. The van der Waals surface area contributed by atoms with Crippen molar-refractivity contribution in [3.63, 3.8) is 0 Å². The van der Waals surface area contributed by atoms with Crippen LogP contribution in [0.1, 0.15) is 25.0 Å². The van der Waals surface area contributed by atoms with Crippen LogP contribution in [0.15, 0.2) is 42.5 Å². The first kappa shape index (κ1) is 14.6. The van der Waals surface area contributed by atoms with Gasteiger partial charge in [0.1, 0.15) is 5.75 Å². The highest BCUT2D eigenvalue weighted by molar-refractivity contribution is 5.66. The van der Waals surface area contributed by atoms with Gasteiger partial charge in [0, 0.05) is 18.2 Å². The molecule has 0 saturated carbocycles. The SMILES string of the molecule is COc1ccc(-c2cccc(C)c2)cc1CNC(C)C. The van der Waals surface area contributed by atoms with E-state index in [-0.39, 0.29) is 0 Å². The van der Waals surface area contributed by atoms with Gasteiger partial charge in [0.2, 0.25) is 0 Å². The Hall–Kier alpha value is -1.80. The van der Waals surface area contributed by atoms with Gasteiger partial charge < -0.3 is 10.1 Å². The van der Waals surface area contributed by atoms with Gasteiger partial charge >= 0.3 is 0 Å². The predicted octanol–water partition coefficient (Wildman–Crippen LogP) is 4.17. The predicted molar refractivity (Wildman–Crippen MR) is 85.1 cm³/mol. The van der Waals surface area contributed by atoms with Gasteiger partial charge in [0.15, 0.2) is 0 Å². The summed E-state index contributed by atoms with van der Waals surface area (Å²) in [7, 11) is 1.72. The molecular formula is C18H23NO. The standard InChI is InChI=1S/C18H23NO/c1-13(2)19-12-17-11-16(8-9-18(17)20-4)15-7-5-6-14(3)10-15/h5-11,13,19H,12H2,1-4H3. The summed E-state index contributed by atoms with van der Waals surface area (Å²) in [6, 6.07) is 15.4. The molecule has 0 spiro atoms. The molecule has 0 bridgehead atoms. The molecule has 0 heterocycles. The Morgan fingerprint density at radius 1 is 1.05 bits per heavy atom. The third-order valence-electron chi connectivity index (χ3n) is 3.33. The van der Waals surface area contributed by atoms with Crippen molar-refractivity contribution in [2.24, 2.45) is 0 Å². The third kappa shape index (κ3) is 3.61. The van der Waals surface area contributed by atoms with Crippen LogP contribution in [0, 0.1) is 6.92 Å². The maximum absolute atomic E-state index is 5.45. The number of ether oxygens (including phenoxy) is 1. The lowest BCUT2D eigenvalue weighted by Crippen LogP contribution is -2.22. The first-order chi connectivity index (χ1) is 9.60. The second-order valence-corrected chi connectivity index (χ2v) is 5.43. The van der Waals surface area contributed by atoms with E-state index in [1.54, 1.807) is 7.11 Å². The van der Waals surface area contributed by atoms with Crippen LogP contribution in [-0.2, 0) is 6.54 Å². The van der Waals surface area contributed by atoms with E-state index in [2.05, 4.69) is 68.6 Å². The minimum atomic E-state index is 0.460. The Bertz CT molecular complexity index is 575. The number of nitrogens with one attached hydrogen (secondary N) is 1. The second kappa shape index (κ2) is 6.58. The fraction of sp³-hybridized carbons (Fsp3) is 0.333. The van der Waals surface area contributed by atoms with Crippen molar-refractivity contribution < 1.29 is 4.74 Å². The van der Waals surface area contributed by atoms with Crippen LogP contribution in [0.3, 0.4) is 0 Å². The van der Waals surface area contributed by atoms with E-state index < -0.39 is 0 Å². The van der Waals surface area contributed by atoms with Gasteiger partial charge in [-0.05, 0) is 30.2 Å². The number of hydrogen-bond donors (Lipinski definition) is 1. The molecule has 0 aliphatic heterocycles. The van der Waals surface area contributed by atoms with Gasteiger partial charge in [-0.1, -0.05) is 49.7 Å². The molecule has 0 fully saturated rings. The van der Waals surface area contributed by atoms with E-state index in [0.717, 1.165) is 12.3 Å². The molecule has 1 N–H and O–H groups in total. The highest BCUT2D eigenvalue weighted by Crippen LogP contribution is 2.27. The molecule has 0 unspecified atom stereocenters. The summed E-state index contributed by atoms with van der Waals surface area (Å²) >= 11 is 0. The van der Waals surface area contributed by atoms with Crippen molar-refractivity contribution in [3.8, 4) is 16.9 Å². The van der Waals surface area contributed by atoms with Gasteiger partial charge in [-0.2, -0.15) is 0 Å². The maximum atomic E-state index is 5.45. The Morgan fingerprint density at radius 2 is 1.80 bits per heavy atom. The Morgan fingerprint density at radius 3 is 2.45 bits per heavy atom. The van der Waals surface area contributed by atoms with Crippen LogP contribution in [-0.4, -0.2) is 13.2 Å². The van der Waals surface area contributed by atoms with Crippen molar-refractivity contribution in [1.29, 1.82) is 0 Å². The van der Waals surface area contributed by atoms with Gasteiger partial charge in [-0.25, -0.2) is 0 Å². The molecular weight excluding hydrogens is 246 g/mol. The van der Waals surface area contributed by atoms with Crippen LogP contribution in [0.25, 0.3) is 11.1 Å². The minimum absolute atomic E-state index is 0.460. The number of benzene rings is 2. The molecule has 0 radical (unpaired) electrons. The number of hydrogen-bond acceptors (Lipinski definition) is 2.